The fraction of sp³-hybridized carbons (Fsp3) is 0.300. The molecule has 5 heteroatoms. The Hall–Kier alpha value is -2.82. The SMILES string of the molecule is CC(CNC(=O)CCn1cnc2ccccc21)N(C)c1ccccc1. The minimum atomic E-state index is 0.0612. The first-order chi connectivity index (χ1) is 12.1. The Kier molecular flexibility index (Phi) is 5.33. The number of aryl methyl sites for hydroxylation is 1. The highest BCUT2D eigenvalue weighted by molar-refractivity contribution is 5.77. The number of likely N-dealkylation sites (N-methyl/N-ethyl adjacent to an activating group) is 1. The van der Waals surface area contributed by atoms with E-state index in [9.17, 15) is 4.79 Å². The lowest BCUT2D eigenvalue weighted by molar-refractivity contribution is -0.121. The van der Waals surface area contributed by atoms with Crippen molar-refractivity contribution in [3.8, 4) is 0 Å². The Morgan fingerprint density at radius 1 is 1.16 bits per heavy atom. The summed E-state index contributed by atoms with van der Waals surface area (Å²) < 4.78 is 2.02. The second-order valence-electron chi connectivity index (χ2n) is 6.28. The van der Waals surface area contributed by atoms with Crippen molar-refractivity contribution >= 4 is 22.6 Å². The van der Waals surface area contributed by atoms with Gasteiger partial charge in [0, 0.05) is 38.3 Å². The van der Waals surface area contributed by atoms with Crippen LogP contribution in [0.2, 0.25) is 0 Å². The van der Waals surface area contributed by atoms with Crippen molar-refractivity contribution in [1.82, 2.24) is 14.9 Å². The highest BCUT2D eigenvalue weighted by Gasteiger charge is 2.11. The molecule has 130 valence electrons. The Balaban J connectivity index is 1.48. The molecule has 0 radical (unpaired) electrons. The first kappa shape index (κ1) is 17.0. The third-order valence-corrected chi connectivity index (χ3v) is 4.53. The van der Waals surface area contributed by atoms with E-state index in [1.54, 1.807) is 6.33 Å². The van der Waals surface area contributed by atoms with Crippen molar-refractivity contribution in [2.24, 2.45) is 0 Å². The minimum Gasteiger partial charge on any atom is -0.370 e. The maximum Gasteiger partial charge on any atom is 0.221 e. The number of rotatable bonds is 7. The highest BCUT2D eigenvalue weighted by atomic mass is 16.1. The summed E-state index contributed by atoms with van der Waals surface area (Å²) in [5, 5.41) is 3.03. The molecule has 1 heterocycles. The summed E-state index contributed by atoms with van der Waals surface area (Å²) >= 11 is 0. The van der Waals surface area contributed by atoms with E-state index in [2.05, 4.69) is 34.3 Å². The van der Waals surface area contributed by atoms with E-state index in [-0.39, 0.29) is 11.9 Å². The van der Waals surface area contributed by atoms with Crippen LogP contribution in [-0.2, 0) is 11.3 Å². The molecule has 0 aliphatic carbocycles. The van der Waals surface area contributed by atoms with Crippen molar-refractivity contribution in [3.63, 3.8) is 0 Å². The van der Waals surface area contributed by atoms with Crippen LogP contribution in [0.5, 0.6) is 0 Å². The molecular weight excluding hydrogens is 312 g/mol. The van der Waals surface area contributed by atoms with Crippen molar-refractivity contribution in [3.05, 3.63) is 60.9 Å². The Labute approximate surface area is 148 Å². The average molecular weight is 336 g/mol. The number of para-hydroxylation sites is 3. The molecule has 0 fully saturated rings. The van der Waals surface area contributed by atoms with E-state index in [4.69, 9.17) is 0 Å². The molecule has 1 aromatic heterocycles. The summed E-state index contributed by atoms with van der Waals surface area (Å²) in [4.78, 5) is 18.7. The molecule has 1 N–H and O–H groups in total. The minimum absolute atomic E-state index is 0.0612. The van der Waals surface area contributed by atoms with E-state index in [0.29, 0.717) is 19.5 Å². The number of aromatic nitrogens is 2. The van der Waals surface area contributed by atoms with Gasteiger partial charge in [-0.3, -0.25) is 4.79 Å². The van der Waals surface area contributed by atoms with Crippen molar-refractivity contribution in [2.75, 3.05) is 18.5 Å². The normalized spacial score (nSPS) is 12.1. The maximum absolute atomic E-state index is 12.2. The van der Waals surface area contributed by atoms with E-state index < -0.39 is 0 Å². The average Bonchev–Trinajstić information content (AvgIpc) is 3.07. The van der Waals surface area contributed by atoms with E-state index in [1.807, 2.05) is 54.1 Å². The number of nitrogens with zero attached hydrogens (tertiary/aromatic N) is 3. The van der Waals surface area contributed by atoms with Crippen LogP contribution < -0.4 is 10.2 Å². The van der Waals surface area contributed by atoms with Crippen LogP contribution in [0, 0.1) is 0 Å². The molecule has 1 atom stereocenters. The van der Waals surface area contributed by atoms with Gasteiger partial charge in [0.1, 0.15) is 0 Å². The van der Waals surface area contributed by atoms with E-state index in [1.165, 1.54) is 0 Å². The monoisotopic (exact) mass is 336 g/mol. The fourth-order valence-corrected chi connectivity index (χ4v) is 2.81. The van der Waals surface area contributed by atoms with E-state index in [0.717, 1.165) is 16.7 Å². The summed E-state index contributed by atoms with van der Waals surface area (Å²) in [5.74, 6) is 0.0612. The van der Waals surface area contributed by atoms with E-state index >= 15 is 0 Å². The Morgan fingerprint density at radius 2 is 1.88 bits per heavy atom. The van der Waals surface area contributed by atoms with Crippen LogP contribution in [0.4, 0.5) is 5.69 Å². The number of hydrogen-bond donors (Lipinski definition) is 1. The van der Waals surface area contributed by atoms with Crippen LogP contribution in [0.1, 0.15) is 13.3 Å². The zero-order valence-corrected chi connectivity index (χ0v) is 14.7. The van der Waals surface area contributed by atoms with Crippen LogP contribution in [0.25, 0.3) is 11.0 Å². The first-order valence-electron chi connectivity index (χ1n) is 8.59. The summed E-state index contributed by atoms with van der Waals surface area (Å²) in [5.41, 5.74) is 3.17. The first-order valence-corrected chi connectivity index (χ1v) is 8.59. The van der Waals surface area contributed by atoms with Crippen molar-refractivity contribution in [1.29, 1.82) is 0 Å². The predicted octanol–water partition coefficient (Wildman–Crippen LogP) is 3.07. The molecule has 0 saturated heterocycles. The van der Waals surface area contributed by atoms with Gasteiger partial charge in [0.25, 0.3) is 0 Å². The number of hydrogen-bond acceptors (Lipinski definition) is 3. The topological polar surface area (TPSA) is 50.2 Å². The van der Waals surface area contributed by atoms with Crippen molar-refractivity contribution < 1.29 is 4.79 Å². The molecule has 0 aliphatic rings. The fourth-order valence-electron chi connectivity index (χ4n) is 2.81. The van der Waals surface area contributed by atoms with Crippen LogP contribution in [-0.4, -0.2) is 35.1 Å². The van der Waals surface area contributed by atoms with Crippen LogP contribution in [0.15, 0.2) is 60.9 Å². The second kappa shape index (κ2) is 7.83. The number of benzene rings is 2. The van der Waals surface area contributed by atoms with Gasteiger partial charge in [-0.1, -0.05) is 30.3 Å². The molecule has 0 saturated carbocycles. The summed E-state index contributed by atoms with van der Waals surface area (Å²) in [6.07, 6.45) is 2.24. The quantitative estimate of drug-likeness (QED) is 0.721. The molecular formula is C20H24N4O. The number of anilines is 1. The van der Waals surface area contributed by atoms with Gasteiger partial charge in [0.2, 0.25) is 5.91 Å². The number of imidazole rings is 1. The lowest BCUT2D eigenvalue weighted by Crippen LogP contribution is -2.40. The number of nitrogens with one attached hydrogen (secondary N) is 1. The van der Waals surface area contributed by atoms with Gasteiger partial charge in [0.05, 0.1) is 17.4 Å². The Bertz CT molecular complexity index is 828. The summed E-state index contributed by atoms with van der Waals surface area (Å²) in [7, 11) is 2.05. The summed E-state index contributed by atoms with van der Waals surface area (Å²) in [6.45, 7) is 3.36. The summed E-state index contributed by atoms with van der Waals surface area (Å²) in [6, 6.07) is 18.4. The van der Waals surface area contributed by atoms with Gasteiger partial charge in [-0.2, -0.15) is 0 Å². The highest BCUT2D eigenvalue weighted by Crippen LogP contribution is 2.14. The molecule has 1 amide bonds. The van der Waals surface area contributed by atoms with Gasteiger partial charge in [-0.05, 0) is 31.2 Å². The molecule has 2 aromatic carbocycles. The predicted molar refractivity (Wildman–Crippen MR) is 102 cm³/mol. The zero-order chi connectivity index (χ0) is 17.6. The van der Waals surface area contributed by atoms with Crippen molar-refractivity contribution in [2.45, 2.75) is 25.9 Å². The third-order valence-electron chi connectivity index (χ3n) is 4.53. The van der Waals surface area contributed by atoms with Gasteiger partial charge in [-0.15, -0.1) is 0 Å². The van der Waals surface area contributed by atoms with Gasteiger partial charge < -0.3 is 14.8 Å². The van der Waals surface area contributed by atoms with Crippen LogP contribution >= 0.6 is 0 Å². The third kappa shape index (κ3) is 4.18. The van der Waals surface area contributed by atoms with Gasteiger partial charge >= 0.3 is 0 Å². The van der Waals surface area contributed by atoms with Gasteiger partial charge in [0.15, 0.2) is 0 Å². The number of amides is 1. The number of fused-ring (bicyclic) bond motifs is 1. The number of carbonyl (C=O) groups is 1. The molecule has 5 nitrogen and oxygen atoms in total. The maximum atomic E-state index is 12.2. The van der Waals surface area contributed by atoms with Crippen LogP contribution in [0.3, 0.4) is 0 Å². The smallest absolute Gasteiger partial charge is 0.221 e. The largest absolute Gasteiger partial charge is 0.370 e. The lowest BCUT2D eigenvalue weighted by atomic mass is 10.2. The molecule has 3 rings (SSSR count). The molecule has 0 bridgehead atoms. The molecule has 0 aliphatic heterocycles. The molecule has 3 aromatic rings. The lowest BCUT2D eigenvalue weighted by Gasteiger charge is -2.27. The standard InChI is InChI=1S/C20H24N4O/c1-16(23(2)17-8-4-3-5-9-17)14-21-20(25)12-13-24-15-22-18-10-6-7-11-19(18)24/h3-11,15-16H,12-14H2,1-2H3,(H,21,25). The molecule has 25 heavy (non-hydrogen) atoms. The molecule has 0 spiro atoms. The second-order valence-corrected chi connectivity index (χ2v) is 6.28. The Morgan fingerprint density at radius 3 is 2.68 bits per heavy atom. The number of carbonyl (C=O) groups excluding carboxylic acids is 1. The zero-order valence-electron chi connectivity index (χ0n) is 14.7. The van der Waals surface area contributed by atoms with Gasteiger partial charge in [-0.25, -0.2) is 4.98 Å². The molecule has 1 unspecified atom stereocenters.